The van der Waals surface area contributed by atoms with E-state index in [1.807, 2.05) is 37.2 Å². The second-order valence-electron chi connectivity index (χ2n) is 7.96. The van der Waals surface area contributed by atoms with Crippen LogP contribution in [0.1, 0.15) is 24.8 Å². The molecule has 1 aliphatic carbocycles. The summed E-state index contributed by atoms with van der Waals surface area (Å²) in [7, 11) is 3.94. The average Bonchev–Trinajstić information content (AvgIpc) is 3.12. The van der Waals surface area contributed by atoms with Gasteiger partial charge in [0.05, 0.1) is 0 Å². The fraction of sp³-hybridized carbons (Fsp3) is 0.261. The molecule has 6 heteroatoms. The minimum Gasteiger partial charge on any atom is -0.361 e. The van der Waals surface area contributed by atoms with Crippen molar-refractivity contribution in [3.8, 4) is 17.1 Å². The highest BCUT2D eigenvalue weighted by molar-refractivity contribution is 5.88. The maximum Gasteiger partial charge on any atom is 0.170 e. The van der Waals surface area contributed by atoms with Crippen LogP contribution in [0.3, 0.4) is 0 Å². The van der Waals surface area contributed by atoms with Gasteiger partial charge in [0.1, 0.15) is 12.2 Å². The maximum atomic E-state index is 6.51. The van der Waals surface area contributed by atoms with E-state index in [2.05, 4.69) is 50.9 Å². The van der Waals surface area contributed by atoms with Crippen molar-refractivity contribution in [3.05, 3.63) is 66.5 Å². The zero-order chi connectivity index (χ0) is 20.0. The SMILES string of the molecule is CN(C)c1ncnc2c1nc(-c1ccccc1)n2-c1ccc(C2(N)CCC2)cc1. The van der Waals surface area contributed by atoms with Gasteiger partial charge < -0.3 is 10.6 Å². The predicted octanol–water partition coefficient (Wildman–Crippen LogP) is 3.89. The molecule has 6 nitrogen and oxygen atoms in total. The largest absolute Gasteiger partial charge is 0.361 e. The van der Waals surface area contributed by atoms with Crippen LogP contribution >= 0.6 is 0 Å². The molecule has 0 spiro atoms. The van der Waals surface area contributed by atoms with Crippen LogP contribution in [-0.2, 0) is 5.54 Å². The lowest BCUT2D eigenvalue weighted by molar-refractivity contribution is 0.253. The zero-order valence-electron chi connectivity index (χ0n) is 16.7. The van der Waals surface area contributed by atoms with Crippen LogP contribution in [0.2, 0.25) is 0 Å². The van der Waals surface area contributed by atoms with Crippen molar-refractivity contribution >= 4 is 17.0 Å². The first-order chi connectivity index (χ1) is 14.1. The van der Waals surface area contributed by atoms with Crippen molar-refractivity contribution in [2.45, 2.75) is 24.8 Å². The van der Waals surface area contributed by atoms with Crippen LogP contribution in [0.15, 0.2) is 60.9 Å². The number of imidazole rings is 1. The first kappa shape index (κ1) is 17.8. The Morgan fingerprint density at radius 3 is 2.31 bits per heavy atom. The molecule has 1 fully saturated rings. The van der Waals surface area contributed by atoms with Gasteiger partial charge in [0.2, 0.25) is 0 Å². The zero-order valence-corrected chi connectivity index (χ0v) is 16.7. The molecular weight excluding hydrogens is 360 g/mol. The molecule has 2 heterocycles. The summed E-state index contributed by atoms with van der Waals surface area (Å²) in [4.78, 5) is 15.9. The second kappa shape index (κ2) is 6.67. The van der Waals surface area contributed by atoms with Crippen LogP contribution in [0.5, 0.6) is 0 Å². The van der Waals surface area contributed by atoms with Gasteiger partial charge in [-0.15, -0.1) is 0 Å². The molecule has 2 aromatic heterocycles. The van der Waals surface area contributed by atoms with Crippen LogP contribution < -0.4 is 10.6 Å². The molecular formula is C23H24N6. The number of hydrogen-bond acceptors (Lipinski definition) is 5. The summed E-state index contributed by atoms with van der Waals surface area (Å²) < 4.78 is 2.10. The quantitative estimate of drug-likeness (QED) is 0.578. The summed E-state index contributed by atoms with van der Waals surface area (Å²) in [5.74, 6) is 1.65. The highest BCUT2D eigenvalue weighted by atomic mass is 15.2. The molecule has 0 aliphatic heterocycles. The van der Waals surface area contributed by atoms with E-state index in [1.165, 1.54) is 12.0 Å². The molecule has 0 atom stereocenters. The fourth-order valence-corrected chi connectivity index (χ4v) is 4.02. The number of aromatic nitrogens is 4. The van der Waals surface area contributed by atoms with Crippen LogP contribution in [0.25, 0.3) is 28.2 Å². The van der Waals surface area contributed by atoms with Crippen LogP contribution in [-0.4, -0.2) is 33.6 Å². The van der Waals surface area contributed by atoms with Gasteiger partial charge >= 0.3 is 0 Å². The minimum atomic E-state index is -0.169. The number of nitrogens with zero attached hydrogens (tertiary/aromatic N) is 5. The van der Waals surface area contributed by atoms with Crippen molar-refractivity contribution in [3.63, 3.8) is 0 Å². The van der Waals surface area contributed by atoms with Crippen molar-refractivity contribution < 1.29 is 0 Å². The maximum absolute atomic E-state index is 6.51. The van der Waals surface area contributed by atoms with Gasteiger partial charge in [-0.25, -0.2) is 15.0 Å². The van der Waals surface area contributed by atoms with Gasteiger partial charge in [0, 0.05) is 30.9 Å². The lowest BCUT2D eigenvalue weighted by Crippen LogP contribution is -2.43. The monoisotopic (exact) mass is 384 g/mol. The van der Waals surface area contributed by atoms with Crippen LogP contribution in [0, 0.1) is 0 Å². The Bertz CT molecular complexity index is 1160. The molecule has 0 radical (unpaired) electrons. The van der Waals surface area contributed by atoms with Crippen molar-refractivity contribution in [2.24, 2.45) is 5.73 Å². The second-order valence-corrected chi connectivity index (χ2v) is 7.96. The van der Waals surface area contributed by atoms with Crippen molar-refractivity contribution in [2.75, 3.05) is 19.0 Å². The number of benzene rings is 2. The van der Waals surface area contributed by atoms with E-state index in [9.17, 15) is 0 Å². The Balaban J connectivity index is 1.72. The Hall–Kier alpha value is -3.25. The molecule has 0 unspecified atom stereocenters. The van der Waals surface area contributed by atoms with Gasteiger partial charge in [-0.05, 0) is 37.0 Å². The average molecular weight is 384 g/mol. The third-order valence-electron chi connectivity index (χ3n) is 5.83. The molecule has 4 aromatic rings. The standard InChI is InChI=1S/C23H24N6/c1-28(2)21-19-22(26-15-25-21)29(20(27-19)16-7-4-3-5-8-16)18-11-9-17(10-12-18)23(24)13-6-14-23/h3-5,7-12,15H,6,13-14,24H2,1-2H3. The molecule has 1 saturated carbocycles. The van der Waals surface area contributed by atoms with Gasteiger partial charge in [0.25, 0.3) is 0 Å². The summed E-state index contributed by atoms with van der Waals surface area (Å²) in [6, 6.07) is 18.7. The van der Waals surface area contributed by atoms with E-state index < -0.39 is 0 Å². The Labute approximate surface area is 170 Å². The molecule has 2 aromatic carbocycles. The fourth-order valence-electron chi connectivity index (χ4n) is 4.02. The minimum absolute atomic E-state index is 0.169. The van der Waals surface area contributed by atoms with E-state index in [4.69, 9.17) is 10.7 Å². The summed E-state index contributed by atoms with van der Waals surface area (Å²) >= 11 is 0. The number of fused-ring (bicyclic) bond motifs is 1. The third-order valence-corrected chi connectivity index (χ3v) is 5.83. The molecule has 0 saturated heterocycles. The summed E-state index contributed by atoms with van der Waals surface area (Å²) in [5.41, 5.74) is 11.2. The molecule has 0 bridgehead atoms. The van der Waals surface area contributed by atoms with E-state index >= 15 is 0 Å². The number of nitrogens with two attached hydrogens (primary N) is 1. The topological polar surface area (TPSA) is 72.9 Å². The van der Waals surface area contributed by atoms with E-state index in [-0.39, 0.29) is 5.54 Å². The molecule has 0 amide bonds. The smallest absolute Gasteiger partial charge is 0.170 e. The van der Waals surface area contributed by atoms with Crippen molar-refractivity contribution in [1.29, 1.82) is 0 Å². The number of hydrogen-bond donors (Lipinski definition) is 1. The van der Waals surface area contributed by atoms with Gasteiger partial charge in [-0.2, -0.15) is 0 Å². The lowest BCUT2D eigenvalue weighted by atomic mass is 9.73. The van der Waals surface area contributed by atoms with E-state index in [0.29, 0.717) is 0 Å². The van der Waals surface area contributed by atoms with Gasteiger partial charge in [0.15, 0.2) is 17.0 Å². The van der Waals surface area contributed by atoms with Crippen molar-refractivity contribution in [1.82, 2.24) is 19.5 Å². The summed E-state index contributed by atoms with van der Waals surface area (Å²) in [6.07, 6.45) is 4.90. The number of anilines is 1. The first-order valence-electron chi connectivity index (χ1n) is 9.93. The predicted molar refractivity (Wildman–Crippen MR) is 116 cm³/mol. The first-order valence-corrected chi connectivity index (χ1v) is 9.93. The molecule has 146 valence electrons. The van der Waals surface area contributed by atoms with E-state index in [0.717, 1.165) is 46.9 Å². The normalized spacial score (nSPS) is 15.3. The Morgan fingerprint density at radius 2 is 1.69 bits per heavy atom. The number of rotatable bonds is 4. The molecule has 5 rings (SSSR count). The molecule has 1 aliphatic rings. The highest BCUT2D eigenvalue weighted by Gasteiger charge is 2.34. The molecule has 2 N–H and O–H groups in total. The van der Waals surface area contributed by atoms with Crippen LogP contribution in [0.4, 0.5) is 5.82 Å². The molecule has 29 heavy (non-hydrogen) atoms. The van der Waals surface area contributed by atoms with Gasteiger partial charge in [-0.1, -0.05) is 42.5 Å². The third kappa shape index (κ3) is 2.87. The van der Waals surface area contributed by atoms with E-state index in [1.54, 1.807) is 6.33 Å². The van der Waals surface area contributed by atoms with Gasteiger partial charge in [-0.3, -0.25) is 4.57 Å². The Morgan fingerprint density at radius 1 is 0.966 bits per heavy atom. The summed E-state index contributed by atoms with van der Waals surface area (Å²) in [6.45, 7) is 0. The Kier molecular flexibility index (Phi) is 4.10. The highest BCUT2D eigenvalue weighted by Crippen LogP contribution is 2.39. The summed E-state index contributed by atoms with van der Waals surface area (Å²) in [5, 5.41) is 0. The lowest BCUT2D eigenvalue weighted by Gasteiger charge is -2.38.